The Morgan fingerprint density at radius 2 is 1.53 bits per heavy atom. The largest absolute Gasteiger partial charge is 0.399 e. The predicted octanol–water partition coefficient (Wildman–Crippen LogP) is 4.50. The Hall–Kier alpha value is -1.76. The van der Waals surface area contributed by atoms with Crippen LogP contribution in [-0.4, -0.2) is 0 Å². The molecule has 1 fully saturated rings. The Kier molecular flexibility index (Phi) is 2.26. The van der Waals surface area contributed by atoms with Gasteiger partial charge in [0.05, 0.1) is 0 Å². The Morgan fingerprint density at radius 1 is 0.789 bits per heavy atom. The third-order valence-electron chi connectivity index (χ3n) is 5.00. The molecule has 2 aliphatic rings. The molecule has 2 aromatic rings. The van der Waals surface area contributed by atoms with Crippen molar-refractivity contribution in [2.24, 2.45) is 0 Å². The molecule has 2 aliphatic carbocycles. The van der Waals surface area contributed by atoms with Gasteiger partial charge in [-0.1, -0.05) is 49.6 Å². The highest BCUT2D eigenvalue weighted by molar-refractivity contribution is 5.82. The molecule has 1 saturated carbocycles. The predicted molar refractivity (Wildman–Crippen MR) is 80.2 cm³/mol. The summed E-state index contributed by atoms with van der Waals surface area (Å²) in [4.78, 5) is 0. The highest BCUT2D eigenvalue weighted by Crippen LogP contribution is 2.55. The lowest BCUT2D eigenvalue weighted by atomic mass is 9.68. The maximum Gasteiger partial charge on any atom is 0.0317 e. The van der Waals surface area contributed by atoms with Gasteiger partial charge in [-0.2, -0.15) is 0 Å². The molecule has 19 heavy (non-hydrogen) atoms. The van der Waals surface area contributed by atoms with Crippen LogP contribution in [0.1, 0.15) is 43.2 Å². The van der Waals surface area contributed by atoms with Gasteiger partial charge >= 0.3 is 0 Å². The van der Waals surface area contributed by atoms with E-state index >= 15 is 0 Å². The van der Waals surface area contributed by atoms with Gasteiger partial charge in [-0.25, -0.2) is 0 Å². The Labute approximate surface area is 114 Å². The van der Waals surface area contributed by atoms with Crippen molar-refractivity contribution in [1.29, 1.82) is 0 Å². The number of hydrogen-bond acceptors (Lipinski definition) is 1. The maximum absolute atomic E-state index is 6.06. The minimum absolute atomic E-state index is 0.250. The van der Waals surface area contributed by atoms with Crippen molar-refractivity contribution in [3.63, 3.8) is 0 Å². The first-order chi connectivity index (χ1) is 9.31. The van der Waals surface area contributed by atoms with Crippen molar-refractivity contribution in [2.45, 2.75) is 37.5 Å². The first kappa shape index (κ1) is 11.1. The summed E-state index contributed by atoms with van der Waals surface area (Å²) >= 11 is 0. The Bertz CT molecular complexity index is 636. The SMILES string of the molecule is Nc1ccc2c(c1)C1(CCCCC1)c1ccccc1-2. The van der Waals surface area contributed by atoms with Crippen LogP contribution in [-0.2, 0) is 5.41 Å². The highest BCUT2D eigenvalue weighted by atomic mass is 14.6. The average molecular weight is 249 g/mol. The van der Waals surface area contributed by atoms with E-state index in [4.69, 9.17) is 5.73 Å². The molecule has 1 nitrogen and oxygen atoms in total. The summed E-state index contributed by atoms with van der Waals surface area (Å²) in [6.07, 6.45) is 6.60. The van der Waals surface area contributed by atoms with Crippen molar-refractivity contribution < 1.29 is 0 Å². The number of rotatable bonds is 0. The lowest BCUT2D eigenvalue weighted by Gasteiger charge is -2.36. The lowest BCUT2D eigenvalue weighted by molar-refractivity contribution is 0.353. The van der Waals surface area contributed by atoms with E-state index in [0.29, 0.717) is 0 Å². The van der Waals surface area contributed by atoms with Crippen LogP contribution in [0.3, 0.4) is 0 Å². The molecule has 1 spiro atoms. The first-order valence-corrected chi connectivity index (χ1v) is 7.31. The van der Waals surface area contributed by atoms with E-state index < -0.39 is 0 Å². The average Bonchev–Trinajstić information content (AvgIpc) is 2.71. The van der Waals surface area contributed by atoms with Crippen LogP contribution in [0.4, 0.5) is 5.69 Å². The quantitative estimate of drug-likeness (QED) is 0.683. The lowest BCUT2D eigenvalue weighted by Crippen LogP contribution is -2.28. The molecule has 0 unspecified atom stereocenters. The number of nitrogens with two attached hydrogens (primary N) is 1. The Balaban J connectivity index is 2.03. The fourth-order valence-corrected chi connectivity index (χ4v) is 4.17. The third kappa shape index (κ3) is 1.42. The molecule has 96 valence electrons. The van der Waals surface area contributed by atoms with E-state index in [1.807, 2.05) is 6.07 Å². The van der Waals surface area contributed by atoms with Gasteiger partial charge in [-0.15, -0.1) is 0 Å². The van der Waals surface area contributed by atoms with Gasteiger partial charge in [0.15, 0.2) is 0 Å². The van der Waals surface area contributed by atoms with Gasteiger partial charge in [0.2, 0.25) is 0 Å². The van der Waals surface area contributed by atoms with Gasteiger partial charge < -0.3 is 5.73 Å². The molecule has 0 saturated heterocycles. The summed E-state index contributed by atoms with van der Waals surface area (Å²) in [5.74, 6) is 0. The van der Waals surface area contributed by atoms with Crippen molar-refractivity contribution in [2.75, 3.05) is 5.73 Å². The van der Waals surface area contributed by atoms with Gasteiger partial charge in [-0.05, 0) is 47.2 Å². The van der Waals surface area contributed by atoms with Crippen LogP contribution >= 0.6 is 0 Å². The second kappa shape index (κ2) is 3.86. The van der Waals surface area contributed by atoms with Gasteiger partial charge in [-0.3, -0.25) is 0 Å². The van der Waals surface area contributed by atoms with E-state index in [1.165, 1.54) is 54.4 Å². The van der Waals surface area contributed by atoms with E-state index in [2.05, 4.69) is 36.4 Å². The zero-order valence-electron chi connectivity index (χ0n) is 11.2. The zero-order chi connectivity index (χ0) is 12.9. The van der Waals surface area contributed by atoms with E-state index in [1.54, 1.807) is 0 Å². The highest BCUT2D eigenvalue weighted by Gasteiger charge is 2.43. The zero-order valence-corrected chi connectivity index (χ0v) is 11.2. The van der Waals surface area contributed by atoms with Crippen molar-refractivity contribution in [3.05, 3.63) is 53.6 Å². The number of hydrogen-bond donors (Lipinski definition) is 1. The smallest absolute Gasteiger partial charge is 0.0317 e. The number of anilines is 1. The molecular weight excluding hydrogens is 230 g/mol. The van der Waals surface area contributed by atoms with Crippen LogP contribution in [0.15, 0.2) is 42.5 Å². The first-order valence-electron chi connectivity index (χ1n) is 7.31. The fraction of sp³-hybridized carbons (Fsp3) is 0.333. The van der Waals surface area contributed by atoms with Crippen molar-refractivity contribution in [1.82, 2.24) is 0 Å². The molecule has 1 heteroatoms. The molecule has 0 aliphatic heterocycles. The second-order valence-electron chi connectivity index (χ2n) is 5.99. The molecule has 0 heterocycles. The molecule has 2 aromatic carbocycles. The molecule has 0 aromatic heterocycles. The van der Waals surface area contributed by atoms with Gasteiger partial charge in [0.1, 0.15) is 0 Å². The second-order valence-corrected chi connectivity index (χ2v) is 5.99. The molecule has 0 radical (unpaired) electrons. The fourth-order valence-electron chi connectivity index (χ4n) is 4.17. The van der Waals surface area contributed by atoms with Crippen LogP contribution in [0.25, 0.3) is 11.1 Å². The van der Waals surface area contributed by atoms with Crippen LogP contribution in [0.5, 0.6) is 0 Å². The molecule has 0 bridgehead atoms. The number of benzene rings is 2. The van der Waals surface area contributed by atoms with Crippen LogP contribution < -0.4 is 5.73 Å². The minimum Gasteiger partial charge on any atom is -0.399 e. The van der Waals surface area contributed by atoms with Gasteiger partial charge in [0, 0.05) is 11.1 Å². The molecule has 0 amide bonds. The van der Waals surface area contributed by atoms with E-state index in [0.717, 1.165) is 5.69 Å². The standard InChI is InChI=1S/C18H19N/c19-13-8-9-15-14-6-2-3-7-16(14)18(17(15)12-13)10-4-1-5-11-18/h2-3,6-9,12H,1,4-5,10-11,19H2. The normalized spacial score (nSPS) is 19.2. The topological polar surface area (TPSA) is 26.0 Å². The van der Waals surface area contributed by atoms with Crippen LogP contribution in [0.2, 0.25) is 0 Å². The molecule has 4 rings (SSSR count). The van der Waals surface area contributed by atoms with E-state index in [-0.39, 0.29) is 5.41 Å². The van der Waals surface area contributed by atoms with E-state index in [9.17, 15) is 0 Å². The van der Waals surface area contributed by atoms with Crippen molar-refractivity contribution >= 4 is 5.69 Å². The molecular formula is C18H19N. The maximum atomic E-state index is 6.06. The summed E-state index contributed by atoms with van der Waals surface area (Å²) in [7, 11) is 0. The monoisotopic (exact) mass is 249 g/mol. The summed E-state index contributed by atoms with van der Waals surface area (Å²) in [6, 6.07) is 15.4. The molecule has 0 atom stereocenters. The Morgan fingerprint density at radius 3 is 2.37 bits per heavy atom. The minimum atomic E-state index is 0.250. The van der Waals surface area contributed by atoms with Gasteiger partial charge in [0.25, 0.3) is 0 Å². The summed E-state index contributed by atoms with van der Waals surface area (Å²) in [6.45, 7) is 0. The summed E-state index contributed by atoms with van der Waals surface area (Å²) in [5, 5.41) is 0. The third-order valence-corrected chi connectivity index (χ3v) is 5.00. The summed E-state index contributed by atoms with van der Waals surface area (Å²) < 4.78 is 0. The summed E-state index contributed by atoms with van der Waals surface area (Å²) in [5.41, 5.74) is 13.1. The number of nitrogen functional groups attached to an aromatic ring is 1. The van der Waals surface area contributed by atoms with Crippen LogP contribution in [0, 0.1) is 0 Å². The molecule has 2 N–H and O–H groups in total. The number of fused-ring (bicyclic) bond motifs is 5. The van der Waals surface area contributed by atoms with Crippen molar-refractivity contribution in [3.8, 4) is 11.1 Å².